The van der Waals surface area contributed by atoms with Crippen molar-refractivity contribution >= 4 is 17.6 Å². The highest BCUT2D eigenvalue weighted by molar-refractivity contribution is 5.95. The molecule has 0 amide bonds. The number of ether oxygens (including phenoxy) is 2. The Hall–Kier alpha value is -3.75. The average Bonchev–Trinajstić information content (AvgIpc) is 2.80. The average molecular weight is 453 g/mol. The van der Waals surface area contributed by atoms with E-state index in [1.807, 2.05) is 0 Å². The minimum atomic E-state index is -1.32. The van der Waals surface area contributed by atoms with E-state index in [0.717, 1.165) is 0 Å². The van der Waals surface area contributed by atoms with Gasteiger partial charge in [0.1, 0.15) is 6.61 Å². The Labute approximate surface area is 192 Å². The van der Waals surface area contributed by atoms with Crippen LogP contribution < -0.4 is 5.32 Å². The zero-order valence-corrected chi connectivity index (χ0v) is 19.0. The predicted molar refractivity (Wildman–Crippen MR) is 120 cm³/mol. The summed E-state index contributed by atoms with van der Waals surface area (Å²) in [5.74, 6) is -2.21. The Morgan fingerprint density at radius 3 is 2.52 bits per heavy atom. The van der Waals surface area contributed by atoms with Gasteiger partial charge in [-0.3, -0.25) is 19.9 Å². The van der Waals surface area contributed by atoms with Crippen LogP contribution in [0.3, 0.4) is 0 Å². The van der Waals surface area contributed by atoms with Crippen LogP contribution in [-0.4, -0.2) is 34.5 Å². The van der Waals surface area contributed by atoms with Gasteiger partial charge in [0.15, 0.2) is 0 Å². The summed E-state index contributed by atoms with van der Waals surface area (Å²) >= 11 is 0. The maximum absolute atomic E-state index is 13.4. The van der Waals surface area contributed by atoms with Gasteiger partial charge < -0.3 is 14.8 Å². The van der Waals surface area contributed by atoms with Crippen LogP contribution in [0.1, 0.15) is 44.9 Å². The fourth-order valence-corrected chi connectivity index (χ4v) is 4.25. The van der Waals surface area contributed by atoms with Crippen LogP contribution in [0.5, 0.6) is 0 Å². The van der Waals surface area contributed by atoms with Gasteiger partial charge in [-0.15, -0.1) is 0 Å². The van der Waals surface area contributed by atoms with Crippen molar-refractivity contribution in [2.75, 3.05) is 6.61 Å². The van der Waals surface area contributed by atoms with E-state index in [4.69, 9.17) is 9.47 Å². The molecule has 0 fully saturated rings. The van der Waals surface area contributed by atoms with Gasteiger partial charge in [0.2, 0.25) is 0 Å². The van der Waals surface area contributed by atoms with Crippen molar-refractivity contribution in [1.29, 1.82) is 0 Å². The first-order valence-corrected chi connectivity index (χ1v) is 10.7. The first-order chi connectivity index (χ1) is 15.7. The number of carbonyl (C=O) groups is 2. The number of aromatic nitrogens is 1. The molecular weight excluding hydrogens is 426 g/mol. The lowest BCUT2D eigenvalue weighted by Crippen LogP contribution is -2.55. The number of pyridine rings is 1. The number of carbonyl (C=O) groups excluding carboxylic acids is 2. The van der Waals surface area contributed by atoms with Gasteiger partial charge >= 0.3 is 11.9 Å². The molecule has 0 saturated heterocycles. The quantitative estimate of drug-likeness (QED) is 0.383. The maximum atomic E-state index is 13.4. The molecule has 174 valence electrons. The molecular formula is C24H27N3O6. The number of benzene rings is 1. The van der Waals surface area contributed by atoms with Crippen molar-refractivity contribution in [2.45, 2.75) is 46.3 Å². The minimum Gasteiger partial charge on any atom is -0.465 e. The third-order valence-electron chi connectivity index (χ3n) is 6.08. The summed E-state index contributed by atoms with van der Waals surface area (Å²) in [6.07, 6.45) is 1.59. The summed E-state index contributed by atoms with van der Waals surface area (Å²) in [7, 11) is 0. The van der Waals surface area contributed by atoms with E-state index in [-0.39, 0.29) is 30.0 Å². The fraction of sp³-hybridized carbons (Fsp3) is 0.375. The second kappa shape index (κ2) is 9.81. The molecule has 33 heavy (non-hydrogen) atoms. The molecule has 3 atom stereocenters. The highest BCUT2D eigenvalue weighted by Gasteiger charge is 2.55. The number of hydrogen-bond acceptors (Lipinski definition) is 8. The topological polar surface area (TPSA) is 121 Å². The smallest absolute Gasteiger partial charge is 0.336 e. The fourth-order valence-electron chi connectivity index (χ4n) is 4.25. The lowest BCUT2D eigenvalue weighted by molar-refractivity contribution is -0.385. The number of nitro benzene ring substituents is 1. The maximum Gasteiger partial charge on any atom is 0.336 e. The van der Waals surface area contributed by atoms with Crippen molar-refractivity contribution in [3.8, 4) is 0 Å². The molecule has 9 heteroatoms. The molecule has 3 rings (SSSR count). The zero-order chi connectivity index (χ0) is 24.2. The van der Waals surface area contributed by atoms with E-state index in [0.29, 0.717) is 11.4 Å². The largest absolute Gasteiger partial charge is 0.465 e. The molecule has 0 saturated carbocycles. The summed E-state index contributed by atoms with van der Waals surface area (Å²) in [5.41, 5.74) is -0.0736. The number of rotatable bonds is 7. The Kier molecular flexibility index (Phi) is 7.10. The summed E-state index contributed by atoms with van der Waals surface area (Å²) in [6.45, 7) is 6.88. The number of nitrogens with zero attached hydrogens (tertiary/aromatic N) is 2. The summed E-state index contributed by atoms with van der Waals surface area (Å²) in [5, 5.41) is 15.0. The van der Waals surface area contributed by atoms with E-state index in [1.165, 1.54) is 6.07 Å². The number of nitro groups is 1. The number of allylic oxidation sites excluding steroid dienone is 1. The second-order valence-electron chi connectivity index (χ2n) is 8.05. The van der Waals surface area contributed by atoms with Gasteiger partial charge in [-0.05, 0) is 39.8 Å². The van der Waals surface area contributed by atoms with Crippen LogP contribution >= 0.6 is 0 Å². The molecule has 0 spiro atoms. The molecule has 0 aliphatic carbocycles. The van der Waals surface area contributed by atoms with Gasteiger partial charge in [0.25, 0.3) is 5.69 Å². The first kappa shape index (κ1) is 23.9. The van der Waals surface area contributed by atoms with Crippen LogP contribution in [0.4, 0.5) is 5.69 Å². The Bertz CT molecular complexity index is 1080. The van der Waals surface area contributed by atoms with Gasteiger partial charge in [0, 0.05) is 35.5 Å². The highest BCUT2D eigenvalue weighted by Crippen LogP contribution is 2.50. The molecule has 2 aromatic rings. The molecule has 9 nitrogen and oxygen atoms in total. The van der Waals surface area contributed by atoms with Crippen molar-refractivity contribution in [2.24, 2.45) is 5.41 Å². The van der Waals surface area contributed by atoms with Gasteiger partial charge in [-0.25, -0.2) is 4.79 Å². The first-order valence-electron chi connectivity index (χ1n) is 10.7. The molecule has 1 aromatic carbocycles. The van der Waals surface area contributed by atoms with Gasteiger partial charge in [-0.1, -0.05) is 24.3 Å². The van der Waals surface area contributed by atoms with Crippen molar-refractivity contribution in [3.05, 3.63) is 81.3 Å². The van der Waals surface area contributed by atoms with Crippen LogP contribution in [0.25, 0.3) is 0 Å². The highest BCUT2D eigenvalue weighted by atomic mass is 16.6. The normalized spacial score (nSPS) is 22.3. The molecule has 1 aromatic heterocycles. The Morgan fingerprint density at radius 1 is 1.18 bits per heavy atom. The van der Waals surface area contributed by atoms with Crippen LogP contribution in [-0.2, 0) is 25.7 Å². The van der Waals surface area contributed by atoms with Crippen LogP contribution in [0.2, 0.25) is 0 Å². The molecule has 1 N–H and O–H groups in total. The molecule has 0 radical (unpaired) electrons. The molecule has 1 aliphatic rings. The zero-order valence-electron chi connectivity index (χ0n) is 19.0. The van der Waals surface area contributed by atoms with E-state index in [2.05, 4.69) is 10.3 Å². The third kappa shape index (κ3) is 4.57. The van der Waals surface area contributed by atoms with E-state index < -0.39 is 34.2 Å². The van der Waals surface area contributed by atoms with E-state index >= 15 is 0 Å². The second-order valence-corrected chi connectivity index (χ2v) is 8.05. The summed E-state index contributed by atoms with van der Waals surface area (Å²) < 4.78 is 10.9. The van der Waals surface area contributed by atoms with Crippen molar-refractivity contribution < 1.29 is 24.0 Å². The van der Waals surface area contributed by atoms with Crippen LogP contribution in [0.15, 0.2) is 59.9 Å². The van der Waals surface area contributed by atoms with Gasteiger partial charge in [0.05, 0.1) is 28.2 Å². The standard InChI is InChI=1S/C24H27N3O6/c1-5-32-23(29)24(4)16(3)26-15(2)20(22(28)33-14-17-10-8-9-13-25-17)21(24)18-11-6-7-12-19(18)27(30)31/h6-13,16,21,26H,5,14H2,1-4H3. The molecule has 3 unspecified atom stereocenters. The van der Waals surface area contributed by atoms with Crippen molar-refractivity contribution in [1.82, 2.24) is 10.3 Å². The predicted octanol–water partition coefficient (Wildman–Crippen LogP) is 3.65. The summed E-state index contributed by atoms with van der Waals surface area (Å²) in [6, 6.07) is 10.9. The SMILES string of the molecule is CCOC(=O)C1(C)C(C)NC(C)=C(C(=O)OCc2ccccn2)C1c1ccccc1[N+](=O)[O-]. The lowest BCUT2D eigenvalue weighted by Gasteiger charge is -2.45. The number of esters is 2. The minimum absolute atomic E-state index is 0.0776. The number of hydrogen-bond donors (Lipinski definition) is 1. The Morgan fingerprint density at radius 2 is 1.88 bits per heavy atom. The number of nitrogens with one attached hydrogen (secondary N) is 1. The lowest BCUT2D eigenvalue weighted by atomic mass is 9.63. The molecule has 1 aliphatic heterocycles. The van der Waals surface area contributed by atoms with Crippen molar-refractivity contribution in [3.63, 3.8) is 0 Å². The number of para-hydroxylation sites is 1. The molecule has 0 bridgehead atoms. The third-order valence-corrected chi connectivity index (χ3v) is 6.08. The summed E-state index contributed by atoms with van der Waals surface area (Å²) in [4.78, 5) is 42.1. The van der Waals surface area contributed by atoms with E-state index in [9.17, 15) is 19.7 Å². The van der Waals surface area contributed by atoms with E-state index in [1.54, 1.807) is 70.3 Å². The molecule has 2 heterocycles. The Balaban J connectivity index is 2.14. The van der Waals surface area contributed by atoms with Gasteiger partial charge in [-0.2, -0.15) is 0 Å². The van der Waals surface area contributed by atoms with Crippen LogP contribution in [0, 0.1) is 15.5 Å². The monoisotopic (exact) mass is 453 g/mol.